The smallest absolute Gasteiger partial charge is 0.213 e. The van der Waals surface area contributed by atoms with Gasteiger partial charge in [-0.2, -0.15) is 0 Å². The molecule has 7 nitrogen and oxygen atoms in total. The SMILES string of the molecule is CCN(CC)CC[NH+]=c1cc(-c2ccc(C)cc2)oc2ccc(C)cc12.[O-][Cl+3]([O-])([O-])[O-]. The molecule has 0 atom stereocenters. The first-order valence-electron chi connectivity index (χ1n) is 10.1. The van der Waals surface area contributed by atoms with Crippen molar-refractivity contribution in [2.24, 2.45) is 0 Å². The van der Waals surface area contributed by atoms with Crippen molar-refractivity contribution in [3.05, 3.63) is 65.0 Å². The third-order valence-electron chi connectivity index (χ3n) is 4.89. The molecule has 1 heterocycles. The average molecular weight is 449 g/mol. The van der Waals surface area contributed by atoms with Crippen LogP contribution in [0.25, 0.3) is 22.3 Å². The summed E-state index contributed by atoms with van der Waals surface area (Å²) in [4.78, 5) is 6.06. The van der Waals surface area contributed by atoms with Crippen LogP contribution in [0.2, 0.25) is 0 Å². The zero-order valence-corrected chi connectivity index (χ0v) is 19.1. The van der Waals surface area contributed by atoms with Gasteiger partial charge in [0, 0.05) is 5.56 Å². The molecule has 0 radical (unpaired) electrons. The highest BCUT2D eigenvalue weighted by Crippen LogP contribution is 2.22. The fourth-order valence-corrected chi connectivity index (χ4v) is 3.19. The molecule has 1 N–H and O–H groups in total. The number of likely N-dealkylation sites (N-methyl/N-ethyl adjacent to an activating group) is 1. The summed E-state index contributed by atoms with van der Waals surface area (Å²) in [5.74, 6) is 0.895. The Morgan fingerprint density at radius 3 is 2.03 bits per heavy atom. The van der Waals surface area contributed by atoms with Crippen molar-refractivity contribution in [1.82, 2.24) is 4.90 Å². The van der Waals surface area contributed by atoms with Crippen LogP contribution in [0.15, 0.2) is 52.9 Å². The number of halogens is 1. The van der Waals surface area contributed by atoms with Crippen LogP contribution >= 0.6 is 0 Å². The lowest BCUT2D eigenvalue weighted by Crippen LogP contribution is -2.78. The highest BCUT2D eigenvalue weighted by atomic mass is 35.7. The van der Waals surface area contributed by atoms with Crippen LogP contribution in [-0.4, -0.2) is 31.1 Å². The zero-order chi connectivity index (χ0) is 23.0. The fraction of sp³-hybridized carbons (Fsp3) is 0.348. The summed E-state index contributed by atoms with van der Waals surface area (Å²) in [6.07, 6.45) is 0. The van der Waals surface area contributed by atoms with Crippen molar-refractivity contribution in [3.8, 4) is 11.3 Å². The van der Waals surface area contributed by atoms with E-state index < -0.39 is 10.2 Å². The van der Waals surface area contributed by atoms with E-state index in [0.29, 0.717) is 0 Å². The molecule has 0 amide bonds. The Morgan fingerprint density at radius 1 is 0.871 bits per heavy atom. The minimum absolute atomic E-state index is 0.895. The molecule has 0 fully saturated rings. The molecule has 168 valence electrons. The minimum Gasteiger partial charge on any atom is -0.456 e. The maximum absolute atomic E-state index is 8.49. The largest absolute Gasteiger partial charge is 0.456 e. The Morgan fingerprint density at radius 2 is 1.45 bits per heavy atom. The van der Waals surface area contributed by atoms with Crippen LogP contribution in [0.1, 0.15) is 25.0 Å². The summed E-state index contributed by atoms with van der Waals surface area (Å²) in [6.45, 7) is 12.7. The van der Waals surface area contributed by atoms with Gasteiger partial charge < -0.3 is 4.42 Å². The number of fused-ring (bicyclic) bond motifs is 1. The summed E-state index contributed by atoms with van der Waals surface area (Å²) in [6, 6.07) is 17.0. The molecule has 0 aliphatic rings. The van der Waals surface area contributed by atoms with Gasteiger partial charge in [-0.3, -0.25) is 4.90 Å². The predicted octanol–water partition coefficient (Wildman–Crippen LogP) is -1.72. The molecule has 31 heavy (non-hydrogen) atoms. The van der Waals surface area contributed by atoms with E-state index >= 15 is 0 Å². The molecule has 3 rings (SSSR count). The molecule has 3 aromatic rings. The van der Waals surface area contributed by atoms with Crippen molar-refractivity contribution in [1.29, 1.82) is 0 Å². The van der Waals surface area contributed by atoms with E-state index in [9.17, 15) is 0 Å². The van der Waals surface area contributed by atoms with E-state index in [1.54, 1.807) is 0 Å². The van der Waals surface area contributed by atoms with E-state index in [2.05, 4.69) is 86.1 Å². The Labute approximate surface area is 184 Å². The number of benzene rings is 2. The maximum Gasteiger partial charge on any atom is 0.213 e. The molecule has 2 aromatic carbocycles. The first-order chi connectivity index (χ1) is 14.6. The molecule has 0 spiro atoms. The molecule has 0 bridgehead atoms. The molecule has 1 aromatic heterocycles. The standard InChI is InChI=1S/C23H28N2O.ClHO4/c1-5-25(6-2)14-13-24-21-16-23(19-10-7-17(3)8-11-19)26-22-12-9-18(4)15-20(21)22;2-1(3,4)5/h7-12,15-16H,5-6,13-14H2,1-4H3;(H,2,3,4,5). The molecule has 0 aliphatic heterocycles. The van der Waals surface area contributed by atoms with Gasteiger partial charge in [0.05, 0.1) is 18.0 Å². The number of aryl methyl sites for hydroxylation is 2. The molecular formula is C23H29ClN2O5. The van der Waals surface area contributed by atoms with E-state index in [1.165, 1.54) is 11.1 Å². The number of hydrogen-bond donors (Lipinski definition) is 1. The number of nitrogens with zero attached hydrogens (tertiary/aromatic N) is 1. The quantitative estimate of drug-likeness (QED) is 0.478. The van der Waals surface area contributed by atoms with Gasteiger partial charge in [0.1, 0.15) is 11.3 Å². The summed E-state index contributed by atoms with van der Waals surface area (Å²) < 4.78 is 40.2. The Bertz CT molecular complexity index is 1030. The van der Waals surface area contributed by atoms with Crippen molar-refractivity contribution in [3.63, 3.8) is 0 Å². The number of rotatable bonds is 6. The minimum atomic E-state index is -4.94. The van der Waals surface area contributed by atoms with Crippen LogP contribution in [0.5, 0.6) is 0 Å². The van der Waals surface area contributed by atoms with Gasteiger partial charge in [0.25, 0.3) is 0 Å². The molecule has 0 saturated carbocycles. The van der Waals surface area contributed by atoms with E-state index in [-0.39, 0.29) is 0 Å². The van der Waals surface area contributed by atoms with E-state index in [4.69, 9.17) is 23.1 Å². The van der Waals surface area contributed by atoms with Gasteiger partial charge >= 0.3 is 0 Å². The summed E-state index contributed by atoms with van der Waals surface area (Å²) >= 11 is 0. The average Bonchev–Trinajstić information content (AvgIpc) is 2.70. The van der Waals surface area contributed by atoms with Crippen LogP contribution < -0.4 is 29.0 Å². The lowest BCUT2D eigenvalue weighted by atomic mass is 10.1. The molecule has 0 aliphatic carbocycles. The number of hydrogen-bond acceptors (Lipinski definition) is 6. The number of nitrogens with one attached hydrogen (secondary N) is 1. The van der Waals surface area contributed by atoms with Crippen molar-refractivity contribution < 1.29 is 38.3 Å². The Kier molecular flexibility index (Phi) is 9.18. The second-order valence-corrected chi connectivity index (χ2v) is 7.98. The van der Waals surface area contributed by atoms with Crippen LogP contribution in [0.4, 0.5) is 0 Å². The van der Waals surface area contributed by atoms with Crippen molar-refractivity contribution in [2.75, 3.05) is 26.2 Å². The van der Waals surface area contributed by atoms with Gasteiger partial charge in [-0.25, -0.2) is 23.6 Å². The van der Waals surface area contributed by atoms with Gasteiger partial charge in [0.15, 0.2) is 6.54 Å². The lowest BCUT2D eigenvalue weighted by Gasteiger charge is -2.17. The second kappa shape index (κ2) is 11.4. The van der Waals surface area contributed by atoms with Gasteiger partial charge in [0.2, 0.25) is 5.36 Å². The Hall–Kier alpha value is -2.26. The maximum atomic E-state index is 8.49. The molecule has 8 heteroatoms. The molecule has 0 saturated heterocycles. The first-order valence-corrected chi connectivity index (χ1v) is 11.4. The lowest BCUT2D eigenvalue weighted by molar-refractivity contribution is -2.00. The van der Waals surface area contributed by atoms with E-state index in [0.717, 1.165) is 53.8 Å². The normalized spacial score (nSPS) is 12.2. The monoisotopic (exact) mass is 448 g/mol. The second-order valence-electron chi connectivity index (χ2n) is 7.22. The van der Waals surface area contributed by atoms with Gasteiger partial charge in [-0.15, -0.1) is 10.2 Å². The summed E-state index contributed by atoms with van der Waals surface area (Å²) in [7, 11) is -4.94. The Balaban J connectivity index is 0.000000614. The third-order valence-corrected chi connectivity index (χ3v) is 4.89. The summed E-state index contributed by atoms with van der Waals surface area (Å²) in [5, 5.41) is 2.28. The fourth-order valence-electron chi connectivity index (χ4n) is 3.19. The summed E-state index contributed by atoms with van der Waals surface area (Å²) in [5.41, 5.74) is 4.51. The van der Waals surface area contributed by atoms with Crippen molar-refractivity contribution >= 4 is 11.0 Å². The predicted molar refractivity (Wildman–Crippen MR) is 108 cm³/mol. The first kappa shape index (κ1) is 25.0. The van der Waals surface area contributed by atoms with Crippen molar-refractivity contribution in [2.45, 2.75) is 27.7 Å². The van der Waals surface area contributed by atoms with Crippen LogP contribution in [0, 0.1) is 24.1 Å². The molecule has 0 unspecified atom stereocenters. The van der Waals surface area contributed by atoms with Crippen LogP contribution in [-0.2, 0) is 0 Å². The molecular weight excluding hydrogens is 420 g/mol. The van der Waals surface area contributed by atoms with Crippen LogP contribution in [0.3, 0.4) is 0 Å². The highest BCUT2D eigenvalue weighted by molar-refractivity contribution is 5.78. The zero-order valence-electron chi connectivity index (χ0n) is 18.3. The van der Waals surface area contributed by atoms with E-state index in [1.807, 2.05) is 0 Å². The van der Waals surface area contributed by atoms with Gasteiger partial charge in [-0.05, 0) is 39.1 Å². The third kappa shape index (κ3) is 8.41. The van der Waals surface area contributed by atoms with Gasteiger partial charge in [-0.1, -0.05) is 55.3 Å². The highest BCUT2D eigenvalue weighted by Gasteiger charge is 2.09. The topological polar surface area (TPSA) is 123 Å².